The average Bonchev–Trinajstić information content (AvgIpc) is 2.44. The lowest BCUT2D eigenvalue weighted by molar-refractivity contribution is -0.127. The first kappa shape index (κ1) is 17.0. The predicted molar refractivity (Wildman–Crippen MR) is 91.0 cm³/mol. The van der Waals surface area contributed by atoms with Crippen molar-refractivity contribution in [1.82, 2.24) is 4.90 Å². The van der Waals surface area contributed by atoms with Gasteiger partial charge in [0.1, 0.15) is 4.99 Å². The third-order valence-corrected chi connectivity index (χ3v) is 4.22. The number of unbranched alkanes of at least 4 members (excludes halogenated alkanes) is 1. The Balaban J connectivity index is 2.45. The smallest absolute Gasteiger partial charge is 0.232 e. The van der Waals surface area contributed by atoms with Gasteiger partial charge in [0, 0.05) is 24.9 Å². The Hall–Kier alpha value is -1.07. The van der Waals surface area contributed by atoms with Crippen LogP contribution in [0.2, 0.25) is 0 Å². The number of hydrogen-bond acceptors (Lipinski definition) is 3. The number of nitrogens with zero attached hydrogens (tertiary/aromatic N) is 1. The zero-order chi connectivity index (χ0) is 15.0. The molecular formula is C15H22N2OS2. The van der Waals surface area contributed by atoms with Crippen molar-refractivity contribution in [3.05, 3.63) is 35.4 Å². The Morgan fingerprint density at radius 2 is 2.10 bits per heavy atom. The molecule has 5 heteroatoms. The van der Waals surface area contributed by atoms with Crippen molar-refractivity contribution in [3.8, 4) is 0 Å². The minimum Gasteiger partial charge on any atom is -0.389 e. The number of carbonyl (C=O) groups excluding carboxylic acids is 1. The zero-order valence-corrected chi connectivity index (χ0v) is 13.7. The van der Waals surface area contributed by atoms with Gasteiger partial charge in [0.05, 0.1) is 5.75 Å². The standard InChI is InChI=1S/C15H22N2OS2/c1-3-4-9-17(2)14(18)11-20-10-12-7-5-6-8-13(12)15(16)19/h5-8H,3-4,9-11H2,1-2H3,(H2,16,19). The maximum Gasteiger partial charge on any atom is 0.232 e. The summed E-state index contributed by atoms with van der Waals surface area (Å²) in [4.78, 5) is 14.1. The van der Waals surface area contributed by atoms with Crippen LogP contribution in [0.4, 0.5) is 0 Å². The molecule has 0 saturated heterocycles. The van der Waals surface area contributed by atoms with E-state index in [1.54, 1.807) is 16.7 Å². The Labute approximate surface area is 130 Å². The summed E-state index contributed by atoms with van der Waals surface area (Å²) in [6.45, 7) is 2.96. The first-order chi connectivity index (χ1) is 9.56. The second-order valence-electron chi connectivity index (χ2n) is 4.68. The summed E-state index contributed by atoms with van der Waals surface area (Å²) in [7, 11) is 1.86. The summed E-state index contributed by atoms with van der Waals surface area (Å²) < 4.78 is 0. The molecule has 1 amide bonds. The van der Waals surface area contributed by atoms with Crippen LogP contribution >= 0.6 is 24.0 Å². The van der Waals surface area contributed by atoms with E-state index in [0.717, 1.165) is 36.3 Å². The van der Waals surface area contributed by atoms with E-state index >= 15 is 0 Å². The van der Waals surface area contributed by atoms with Gasteiger partial charge in [-0.15, -0.1) is 11.8 Å². The normalized spacial score (nSPS) is 10.3. The molecule has 1 aromatic rings. The van der Waals surface area contributed by atoms with E-state index < -0.39 is 0 Å². The van der Waals surface area contributed by atoms with Crippen molar-refractivity contribution in [1.29, 1.82) is 0 Å². The van der Waals surface area contributed by atoms with E-state index in [1.165, 1.54) is 0 Å². The number of carbonyl (C=O) groups is 1. The van der Waals surface area contributed by atoms with Crippen LogP contribution in [0.1, 0.15) is 30.9 Å². The van der Waals surface area contributed by atoms with Gasteiger partial charge in [0.15, 0.2) is 0 Å². The number of benzene rings is 1. The lowest BCUT2D eigenvalue weighted by Gasteiger charge is -2.16. The van der Waals surface area contributed by atoms with Crippen molar-refractivity contribution in [3.63, 3.8) is 0 Å². The molecule has 0 heterocycles. The number of amides is 1. The Bertz CT molecular complexity index is 463. The molecule has 0 fully saturated rings. The number of thiocarbonyl (C=S) groups is 1. The number of hydrogen-bond donors (Lipinski definition) is 1. The summed E-state index contributed by atoms with van der Waals surface area (Å²) in [6, 6.07) is 7.82. The molecule has 3 nitrogen and oxygen atoms in total. The van der Waals surface area contributed by atoms with E-state index in [-0.39, 0.29) is 5.91 Å². The minimum atomic E-state index is 0.177. The first-order valence-corrected chi connectivity index (χ1v) is 8.32. The molecule has 0 unspecified atom stereocenters. The van der Waals surface area contributed by atoms with Crippen molar-refractivity contribution in [2.75, 3.05) is 19.3 Å². The highest BCUT2D eigenvalue weighted by molar-refractivity contribution is 7.99. The third-order valence-electron chi connectivity index (χ3n) is 3.04. The van der Waals surface area contributed by atoms with Gasteiger partial charge in [-0.25, -0.2) is 0 Å². The molecule has 0 bridgehead atoms. The molecule has 1 aromatic carbocycles. The Kier molecular flexibility index (Phi) is 7.62. The van der Waals surface area contributed by atoms with E-state index in [4.69, 9.17) is 18.0 Å². The maximum absolute atomic E-state index is 11.9. The third kappa shape index (κ3) is 5.51. The van der Waals surface area contributed by atoms with Gasteiger partial charge >= 0.3 is 0 Å². The van der Waals surface area contributed by atoms with Crippen LogP contribution in [0.25, 0.3) is 0 Å². The van der Waals surface area contributed by atoms with Gasteiger partial charge < -0.3 is 10.6 Å². The van der Waals surface area contributed by atoms with E-state index in [1.807, 2.05) is 31.3 Å². The van der Waals surface area contributed by atoms with Crippen LogP contribution in [0.3, 0.4) is 0 Å². The predicted octanol–water partition coefficient (Wildman–Crippen LogP) is 2.81. The van der Waals surface area contributed by atoms with Gasteiger partial charge in [-0.3, -0.25) is 4.79 Å². The van der Waals surface area contributed by atoms with Crippen LogP contribution in [-0.4, -0.2) is 35.1 Å². The van der Waals surface area contributed by atoms with Crippen molar-refractivity contribution in [2.45, 2.75) is 25.5 Å². The molecule has 0 spiro atoms. The summed E-state index contributed by atoms with van der Waals surface area (Å²) in [5.74, 6) is 1.42. The van der Waals surface area contributed by atoms with E-state index in [2.05, 4.69) is 6.92 Å². The number of rotatable bonds is 8. The fourth-order valence-corrected chi connectivity index (χ4v) is 2.93. The van der Waals surface area contributed by atoms with Gasteiger partial charge in [-0.05, 0) is 12.0 Å². The average molecular weight is 310 g/mol. The highest BCUT2D eigenvalue weighted by Gasteiger charge is 2.09. The van der Waals surface area contributed by atoms with Gasteiger partial charge in [-0.1, -0.05) is 49.8 Å². The van der Waals surface area contributed by atoms with Crippen molar-refractivity contribution >= 4 is 34.9 Å². The molecule has 20 heavy (non-hydrogen) atoms. The van der Waals surface area contributed by atoms with Crippen molar-refractivity contribution in [2.24, 2.45) is 5.73 Å². The van der Waals surface area contributed by atoms with Crippen LogP contribution in [0.15, 0.2) is 24.3 Å². The number of nitrogens with two attached hydrogens (primary N) is 1. The topological polar surface area (TPSA) is 46.3 Å². The molecule has 2 N–H and O–H groups in total. The summed E-state index contributed by atoms with van der Waals surface area (Å²) in [5, 5.41) is 0. The second-order valence-corrected chi connectivity index (χ2v) is 6.11. The monoisotopic (exact) mass is 310 g/mol. The molecular weight excluding hydrogens is 288 g/mol. The summed E-state index contributed by atoms with van der Waals surface area (Å²) in [6.07, 6.45) is 2.16. The lowest BCUT2D eigenvalue weighted by Crippen LogP contribution is -2.29. The van der Waals surface area contributed by atoms with Crippen LogP contribution in [0, 0.1) is 0 Å². The van der Waals surface area contributed by atoms with Crippen molar-refractivity contribution < 1.29 is 4.79 Å². The molecule has 110 valence electrons. The zero-order valence-electron chi connectivity index (χ0n) is 12.1. The Morgan fingerprint density at radius 1 is 1.40 bits per heavy atom. The lowest BCUT2D eigenvalue weighted by atomic mass is 10.1. The quantitative estimate of drug-likeness (QED) is 0.750. The second kappa shape index (κ2) is 8.97. The Morgan fingerprint density at radius 3 is 2.75 bits per heavy atom. The molecule has 0 aliphatic carbocycles. The molecule has 1 rings (SSSR count). The van der Waals surface area contributed by atoms with Crippen LogP contribution in [0.5, 0.6) is 0 Å². The fourth-order valence-electron chi connectivity index (χ4n) is 1.77. The van der Waals surface area contributed by atoms with Gasteiger partial charge in [0.25, 0.3) is 0 Å². The summed E-state index contributed by atoms with van der Waals surface area (Å²) in [5.41, 5.74) is 7.69. The maximum atomic E-state index is 11.9. The fraction of sp³-hybridized carbons (Fsp3) is 0.467. The van der Waals surface area contributed by atoms with E-state index in [9.17, 15) is 4.79 Å². The molecule has 0 saturated carbocycles. The highest BCUT2D eigenvalue weighted by atomic mass is 32.2. The largest absolute Gasteiger partial charge is 0.389 e. The first-order valence-electron chi connectivity index (χ1n) is 6.75. The molecule has 0 aliphatic heterocycles. The van der Waals surface area contributed by atoms with E-state index in [0.29, 0.717) is 10.7 Å². The SMILES string of the molecule is CCCCN(C)C(=O)CSCc1ccccc1C(N)=S. The molecule has 0 radical (unpaired) electrons. The minimum absolute atomic E-state index is 0.177. The summed E-state index contributed by atoms with van der Waals surface area (Å²) >= 11 is 6.64. The van der Waals surface area contributed by atoms with Crippen LogP contribution < -0.4 is 5.73 Å². The molecule has 0 aliphatic rings. The van der Waals surface area contributed by atoms with Crippen LogP contribution in [-0.2, 0) is 10.5 Å². The van der Waals surface area contributed by atoms with Gasteiger partial charge in [-0.2, -0.15) is 0 Å². The highest BCUT2D eigenvalue weighted by Crippen LogP contribution is 2.17. The molecule has 0 atom stereocenters. The molecule has 0 aromatic heterocycles. The van der Waals surface area contributed by atoms with Gasteiger partial charge in [0.2, 0.25) is 5.91 Å². The number of thioether (sulfide) groups is 1.